The third-order valence-electron chi connectivity index (χ3n) is 5.27. The van der Waals surface area contributed by atoms with E-state index in [-0.39, 0.29) is 5.91 Å². The van der Waals surface area contributed by atoms with Crippen molar-refractivity contribution in [1.82, 2.24) is 25.1 Å². The van der Waals surface area contributed by atoms with E-state index in [0.29, 0.717) is 43.0 Å². The van der Waals surface area contributed by atoms with Crippen LogP contribution in [0.1, 0.15) is 30.0 Å². The first-order valence-corrected chi connectivity index (χ1v) is 9.93. The zero-order chi connectivity index (χ0) is 21.1. The summed E-state index contributed by atoms with van der Waals surface area (Å²) in [6.07, 6.45) is 8.75. The van der Waals surface area contributed by atoms with Gasteiger partial charge in [0.1, 0.15) is 5.75 Å². The highest BCUT2D eigenvalue weighted by Gasteiger charge is 2.40. The molecule has 2 aromatic rings. The van der Waals surface area contributed by atoms with Crippen LogP contribution in [0.2, 0.25) is 0 Å². The number of amides is 1. The van der Waals surface area contributed by atoms with Crippen molar-refractivity contribution in [2.24, 2.45) is 18.1 Å². The van der Waals surface area contributed by atoms with Crippen molar-refractivity contribution < 1.29 is 14.3 Å². The van der Waals surface area contributed by atoms with Gasteiger partial charge in [0.15, 0.2) is 0 Å². The van der Waals surface area contributed by atoms with Gasteiger partial charge in [-0.25, -0.2) is 5.01 Å². The Morgan fingerprint density at radius 3 is 2.83 bits per heavy atom. The highest BCUT2D eigenvalue weighted by atomic mass is 16.5. The summed E-state index contributed by atoms with van der Waals surface area (Å²) in [5.41, 5.74) is 2.57. The number of carbonyl (C=O) groups excluding carboxylic acids is 1. The molecule has 0 spiro atoms. The summed E-state index contributed by atoms with van der Waals surface area (Å²) in [5.74, 6) is 1.91. The number of hydrogen-bond donors (Lipinski definition) is 1. The van der Waals surface area contributed by atoms with Gasteiger partial charge in [-0.15, -0.1) is 5.10 Å². The molecule has 2 aromatic heterocycles. The molecule has 1 aliphatic heterocycles. The lowest BCUT2D eigenvalue weighted by atomic mass is 10.2. The van der Waals surface area contributed by atoms with Crippen molar-refractivity contribution in [3.05, 3.63) is 53.8 Å². The summed E-state index contributed by atoms with van der Waals surface area (Å²) in [5, 5.41) is 13.0. The van der Waals surface area contributed by atoms with Crippen LogP contribution < -0.4 is 10.1 Å². The maximum atomic E-state index is 12.6. The van der Waals surface area contributed by atoms with Crippen molar-refractivity contribution in [1.29, 1.82) is 0 Å². The number of nitrogens with zero attached hydrogens (tertiary/aromatic N) is 5. The Morgan fingerprint density at radius 1 is 1.27 bits per heavy atom. The fourth-order valence-corrected chi connectivity index (χ4v) is 3.43. The molecule has 1 saturated carbocycles. The van der Waals surface area contributed by atoms with Crippen molar-refractivity contribution >= 4 is 11.8 Å². The minimum absolute atomic E-state index is 0.191. The number of hydrazone groups is 1. The molecule has 0 radical (unpaired) electrons. The number of aromatic nitrogens is 3. The molecule has 4 rings (SSSR count). The van der Waals surface area contributed by atoms with Crippen molar-refractivity contribution in [2.75, 3.05) is 20.8 Å². The molecule has 3 heterocycles. The molecule has 2 atom stereocenters. The fraction of sp³-hybridized carbons (Fsp3) is 0.429. The Morgan fingerprint density at radius 2 is 2.13 bits per heavy atom. The predicted molar refractivity (Wildman–Crippen MR) is 111 cm³/mol. The lowest BCUT2D eigenvalue weighted by Gasteiger charge is -2.13. The van der Waals surface area contributed by atoms with Gasteiger partial charge in [-0.2, -0.15) is 5.10 Å². The molecular formula is C21H26N6O3. The normalized spacial score (nSPS) is 20.9. The molecule has 9 heteroatoms. The van der Waals surface area contributed by atoms with Gasteiger partial charge in [0.05, 0.1) is 31.8 Å². The highest BCUT2D eigenvalue weighted by Crippen LogP contribution is 2.46. The predicted octanol–water partition coefficient (Wildman–Crippen LogP) is 1.79. The summed E-state index contributed by atoms with van der Waals surface area (Å²) in [4.78, 5) is 17.0. The van der Waals surface area contributed by atoms with Crippen LogP contribution >= 0.6 is 0 Å². The standard InChI is InChI=1S/C21H26N6O3/c1-26-12-14(10-24-26)9-22-19-6-7-20(25-27(2)21(19)28)30-13-15-8-17(15)18-5-4-16(29-3)11-23-18/h4-6,10-12,15,17,22H,7-9,13H2,1-3H3/t15-,17+/m1/s1. The quantitative estimate of drug-likeness (QED) is 0.748. The first-order chi connectivity index (χ1) is 14.5. The maximum Gasteiger partial charge on any atom is 0.289 e. The molecule has 1 N–H and O–H groups in total. The summed E-state index contributed by atoms with van der Waals surface area (Å²) in [6.45, 7) is 1.08. The molecule has 30 heavy (non-hydrogen) atoms. The van der Waals surface area contributed by atoms with Crippen LogP contribution in [0.3, 0.4) is 0 Å². The van der Waals surface area contributed by atoms with E-state index in [4.69, 9.17) is 9.47 Å². The van der Waals surface area contributed by atoms with Crippen LogP contribution in [0.25, 0.3) is 0 Å². The van der Waals surface area contributed by atoms with Crippen molar-refractivity contribution in [3.63, 3.8) is 0 Å². The van der Waals surface area contributed by atoms with Crippen LogP contribution in [0.15, 0.2) is 47.6 Å². The van der Waals surface area contributed by atoms with Gasteiger partial charge >= 0.3 is 0 Å². The second-order valence-electron chi connectivity index (χ2n) is 7.56. The lowest BCUT2D eigenvalue weighted by Crippen LogP contribution is -2.29. The van der Waals surface area contributed by atoms with E-state index in [0.717, 1.165) is 23.4 Å². The summed E-state index contributed by atoms with van der Waals surface area (Å²) in [7, 11) is 5.13. The van der Waals surface area contributed by atoms with Gasteiger partial charge in [-0.05, 0) is 24.6 Å². The molecule has 0 aromatic carbocycles. The van der Waals surface area contributed by atoms with E-state index in [9.17, 15) is 4.79 Å². The lowest BCUT2D eigenvalue weighted by molar-refractivity contribution is -0.126. The number of methoxy groups -OCH3 is 1. The Labute approximate surface area is 175 Å². The van der Waals surface area contributed by atoms with Crippen molar-refractivity contribution in [3.8, 4) is 5.75 Å². The van der Waals surface area contributed by atoms with Crippen LogP contribution in [-0.4, -0.2) is 52.3 Å². The SMILES string of the molecule is COc1ccc([C@H]2C[C@@H]2COC2=NN(C)C(=O)C(NCc3cnn(C)c3)=CC2)nc1. The first kappa shape index (κ1) is 19.9. The Hall–Kier alpha value is -3.36. The number of aryl methyl sites for hydroxylation is 1. The fourth-order valence-electron chi connectivity index (χ4n) is 3.43. The average molecular weight is 410 g/mol. The van der Waals surface area contributed by atoms with Crippen LogP contribution in [0.5, 0.6) is 5.75 Å². The first-order valence-electron chi connectivity index (χ1n) is 9.93. The minimum Gasteiger partial charge on any atom is -0.495 e. The number of likely N-dealkylation sites (N-methyl/N-ethyl adjacent to an activating group) is 1. The van der Waals surface area contributed by atoms with Crippen LogP contribution in [-0.2, 0) is 23.1 Å². The third-order valence-corrected chi connectivity index (χ3v) is 5.27. The number of hydrogen-bond acceptors (Lipinski definition) is 7. The Bertz CT molecular complexity index is 965. The molecule has 1 amide bonds. The van der Waals surface area contributed by atoms with Gasteiger partial charge in [-0.3, -0.25) is 14.5 Å². The summed E-state index contributed by atoms with van der Waals surface area (Å²) >= 11 is 0. The van der Waals surface area contributed by atoms with E-state index < -0.39 is 0 Å². The zero-order valence-corrected chi connectivity index (χ0v) is 17.4. The minimum atomic E-state index is -0.191. The largest absolute Gasteiger partial charge is 0.495 e. The Kier molecular flexibility index (Phi) is 5.69. The molecular weight excluding hydrogens is 384 g/mol. The topological polar surface area (TPSA) is 93.9 Å². The molecule has 9 nitrogen and oxygen atoms in total. The van der Waals surface area contributed by atoms with Crippen LogP contribution in [0.4, 0.5) is 0 Å². The highest BCUT2D eigenvalue weighted by molar-refractivity contribution is 5.95. The van der Waals surface area contributed by atoms with E-state index in [2.05, 4.69) is 20.5 Å². The number of ether oxygens (including phenoxy) is 2. The molecule has 0 saturated heterocycles. The van der Waals surface area contributed by atoms with Crippen molar-refractivity contribution in [2.45, 2.75) is 25.3 Å². The van der Waals surface area contributed by atoms with E-state index in [1.54, 1.807) is 31.2 Å². The molecule has 158 valence electrons. The van der Waals surface area contributed by atoms with Gasteiger partial charge in [0, 0.05) is 56.4 Å². The number of rotatable bonds is 7. The Balaban J connectivity index is 1.30. The number of pyridine rings is 1. The smallest absolute Gasteiger partial charge is 0.289 e. The molecule has 1 fully saturated rings. The van der Waals surface area contributed by atoms with Gasteiger partial charge < -0.3 is 14.8 Å². The van der Waals surface area contributed by atoms with E-state index in [1.165, 1.54) is 5.01 Å². The molecule has 0 bridgehead atoms. The second kappa shape index (κ2) is 8.56. The molecule has 0 unspecified atom stereocenters. The second-order valence-corrected chi connectivity index (χ2v) is 7.56. The molecule has 2 aliphatic rings. The van der Waals surface area contributed by atoms with Gasteiger partial charge in [0.25, 0.3) is 5.91 Å². The van der Waals surface area contributed by atoms with Crippen LogP contribution in [0, 0.1) is 5.92 Å². The summed E-state index contributed by atoms with van der Waals surface area (Å²) < 4.78 is 12.8. The average Bonchev–Trinajstić information content (AvgIpc) is 3.45. The number of nitrogens with one attached hydrogen (secondary N) is 1. The van der Waals surface area contributed by atoms with Gasteiger partial charge in [-0.1, -0.05) is 0 Å². The van der Waals surface area contributed by atoms with E-state index in [1.807, 2.05) is 31.5 Å². The monoisotopic (exact) mass is 410 g/mol. The van der Waals surface area contributed by atoms with E-state index >= 15 is 0 Å². The number of carbonyl (C=O) groups is 1. The zero-order valence-electron chi connectivity index (χ0n) is 17.4. The summed E-state index contributed by atoms with van der Waals surface area (Å²) in [6, 6.07) is 3.93. The maximum absolute atomic E-state index is 12.6. The van der Waals surface area contributed by atoms with Gasteiger partial charge in [0.2, 0.25) is 5.90 Å². The third kappa shape index (κ3) is 4.61. The molecule has 1 aliphatic carbocycles.